The third-order valence-corrected chi connectivity index (χ3v) is 3.34. The topological polar surface area (TPSA) is 12.9 Å². The van der Waals surface area contributed by atoms with Gasteiger partial charge in [0.25, 0.3) is 0 Å². The van der Waals surface area contributed by atoms with Gasteiger partial charge in [-0.1, -0.05) is 28.7 Å². The zero-order valence-corrected chi connectivity index (χ0v) is 9.59. The molecule has 0 radical (unpaired) electrons. The van der Waals surface area contributed by atoms with Crippen molar-refractivity contribution in [2.75, 3.05) is 0 Å². The highest BCUT2D eigenvalue weighted by Crippen LogP contribution is 2.26. The highest BCUT2D eigenvalue weighted by atomic mass is 127. The van der Waals surface area contributed by atoms with Gasteiger partial charge in [0, 0.05) is 3.92 Å². The number of halogens is 1. The summed E-state index contributed by atoms with van der Waals surface area (Å²) in [6.45, 7) is 2.19. The highest BCUT2D eigenvalue weighted by Gasteiger charge is 2.02. The van der Waals surface area contributed by atoms with E-state index in [1.54, 1.807) is 11.3 Å². The number of thiazole rings is 1. The average Bonchev–Trinajstić information content (AvgIpc) is 2.49. The van der Waals surface area contributed by atoms with E-state index >= 15 is 0 Å². The van der Waals surface area contributed by atoms with Gasteiger partial charge in [-0.25, -0.2) is 4.98 Å². The van der Waals surface area contributed by atoms with E-state index in [2.05, 4.69) is 52.7 Å². The fourth-order valence-corrected chi connectivity index (χ4v) is 2.17. The Kier molecular flexibility index (Phi) is 2.32. The van der Waals surface area contributed by atoms with Gasteiger partial charge in [-0.3, -0.25) is 0 Å². The maximum atomic E-state index is 4.28. The van der Waals surface area contributed by atoms with Crippen molar-refractivity contribution >= 4 is 44.1 Å². The van der Waals surface area contributed by atoms with E-state index in [-0.39, 0.29) is 0 Å². The molecule has 62 valence electrons. The predicted molar refractivity (Wildman–Crippen MR) is 62.1 cm³/mol. The Bertz CT molecular complexity index is 394. The van der Waals surface area contributed by atoms with Gasteiger partial charge in [0.2, 0.25) is 0 Å². The van der Waals surface area contributed by atoms with Crippen LogP contribution in [0.5, 0.6) is 0 Å². The minimum Gasteiger partial charge on any atom is -0.245 e. The molecule has 1 aromatic carbocycles. The lowest BCUT2D eigenvalue weighted by Gasteiger charge is -2.01. The van der Waals surface area contributed by atoms with Gasteiger partial charge in [0.05, 0.1) is 15.7 Å². The predicted octanol–water partition coefficient (Wildman–Crippen LogP) is 3.79. The maximum absolute atomic E-state index is 4.28. The minimum absolute atomic E-state index is 0.564. The van der Waals surface area contributed by atoms with E-state index in [1.807, 2.05) is 5.51 Å². The standard InChI is InChI=1S/C9H8INS/c1-6(10)7-2-3-9-8(4-7)11-5-12-9/h2-6H,1H3. The summed E-state index contributed by atoms with van der Waals surface area (Å²) in [7, 11) is 0. The van der Waals surface area contributed by atoms with Gasteiger partial charge >= 0.3 is 0 Å². The van der Waals surface area contributed by atoms with Gasteiger partial charge in [-0.15, -0.1) is 11.3 Å². The van der Waals surface area contributed by atoms with Crippen molar-refractivity contribution < 1.29 is 0 Å². The van der Waals surface area contributed by atoms with E-state index in [0.29, 0.717) is 3.92 Å². The van der Waals surface area contributed by atoms with E-state index in [0.717, 1.165) is 5.52 Å². The number of rotatable bonds is 1. The fraction of sp³-hybridized carbons (Fsp3) is 0.222. The van der Waals surface area contributed by atoms with Crippen LogP contribution in [-0.4, -0.2) is 4.98 Å². The second-order valence-corrected chi connectivity index (χ2v) is 5.45. The van der Waals surface area contributed by atoms with Crippen LogP contribution in [0.4, 0.5) is 0 Å². The molecule has 0 N–H and O–H groups in total. The molecule has 0 saturated carbocycles. The highest BCUT2D eigenvalue weighted by molar-refractivity contribution is 14.1. The molecule has 12 heavy (non-hydrogen) atoms. The van der Waals surface area contributed by atoms with Crippen LogP contribution in [0, 0.1) is 0 Å². The summed E-state index contributed by atoms with van der Waals surface area (Å²) in [6.07, 6.45) is 0. The van der Waals surface area contributed by atoms with Gasteiger partial charge < -0.3 is 0 Å². The smallest absolute Gasteiger partial charge is 0.0815 e. The lowest BCUT2D eigenvalue weighted by Crippen LogP contribution is -1.81. The summed E-state index contributed by atoms with van der Waals surface area (Å²) in [5, 5.41) is 0. The molecule has 2 aromatic rings. The molecule has 0 fully saturated rings. The van der Waals surface area contributed by atoms with Crippen LogP contribution < -0.4 is 0 Å². The van der Waals surface area contributed by atoms with Gasteiger partial charge in [0.15, 0.2) is 0 Å². The van der Waals surface area contributed by atoms with Crippen molar-refractivity contribution in [3.05, 3.63) is 29.3 Å². The first-order valence-electron chi connectivity index (χ1n) is 3.74. The van der Waals surface area contributed by atoms with Crippen LogP contribution in [0.25, 0.3) is 10.2 Å². The largest absolute Gasteiger partial charge is 0.245 e. The second kappa shape index (κ2) is 3.30. The molecular formula is C9H8INS. The zero-order chi connectivity index (χ0) is 8.55. The second-order valence-electron chi connectivity index (χ2n) is 2.70. The Hall–Kier alpha value is -0.160. The molecule has 1 heterocycles. The molecule has 0 aliphatic heterocycles. The van der Waals surface area contributed by atoms with Crippen LogP contribution in [0.15, 0.2) is 23.7 Å². The molecular weight excluding hydrogens is 281 g/mol. The lowest BCUT2D eigenvalue weighted by atomic mass is 10.2. The van der Waals surface area contributed by atoms with Crippen LogP contribution >= 0.6 is 33.9 Å². The molecule has 1 nitrogen and oxygen atoms in total. The number of aromatic nitrogens is 1. The number of benzene rings is 1. The van der Waals surface area contributed by atoms with Crippen LogP contribution in [0.1, 0.15) is 16.4 Å². The van der Waals surface area contributed by atoms with Crippen molar-refractivity contribution in [2.45, 2.75) is 10.8 Å². The average molecular weight is 289 g/mol. The molecule has 0 aliphatic carbocycles. The van der Waals surface area contributed by atoms with Crippen molar-refractivity contribution in [2.24, 2.45) is 0 Å². The van der Waals surface area contributed by atoms with Crippen LogP contribution in [-0.2, 0) is 0 Å². The molecule has 1 unspecified atom stereocenters. The normalized spacial score (nSPS) is 13.5. The number of hydrogen-bond acceptors (Lipinski definition) is 2. The molecule has 0 amide bonds. The zero-order valence-electron chi connectivity index (χ0n) is 6.62. The van der Waals surface area contributed by atoms with Crippen molar-refractivity contribution in [1.29, 1.82) is 0 Å². The molecule has 2 rings (SSSR count). The molecule has 0 saturated heterocycles. The van der Waals surface area contributed by atoms with E-state index in [1.165, 1.54) is 10.3 Å². The summed E-state index contributed by atoms with van der Waals surface area (Å²) < 4.78 is 1.84. The van der Waals surface area contributed by atoms with E-state index in [4.69, 9.17) is 0 Å². The SMILES string of the molecule is CC(I)c1ccc2scnc2c1. The van der Waals surface area contributed by atoms with Crippen LogP contribution in [0.2, 0.25) is 0 Å². The fourth-order valence-electron chi connectivity index (χ4n) is 1.12. The van der Waals surface area contributed by atoms with Gasteiger partial charge in [-0.05, 0) is 24.6 Å². The van der Waals surface area contributed by atoms with Gasteiger partial charge in [-0.2, -0.15) is 0 Å². The Morgan fingerprint density at radius 3 is 3.08 bits per heavy atom. The van der Waals surface area contributed by atoms with Gasteiger partial charge in [0.1, 0.15) is 0 Å². The third-order valence-electron chi connectivity index (χ3n) is 1.81. The molecule has 1 aromatic heterocycles. The number of fused-ring (bicyclic) bond motifs is 1. The molecule has 0 aliphatic rings. The van der Waals surface area contributed by atoms with Crippen molar-refractivity contribution in [1.82, 2.24) is 4.98 Å². The third kappa shape index (κ3) is 1.47. The molecule has 0 spiro atoms. The lowest BCUT2D eigenvalue weighted by molar-refractivity contribution is 1.15. The first-order chi connectivity index (χ1) is 5.77. The first-order valence-corrected chi connectivity index (χ1v) is 5.87. The van der Waals surface area contributed by atoms with Crippen molar-refractivity contribution in [3.8, 4) is 0 Å². The molecule has 3 heteroatoms. The Morgan fingerprint density at radius 2 is 2.33 bits per heavy atom. The summed E-state index contributed by atoms with van der Waals surface area (Å²) in [4.78, 5) is 4.28. The summed E-state index contributed by atoms with van der Waals surface area (Å²) in [6, 6.07) is 6.50. The quantitative estimate of drug-likeness (QED) is 0.575. The minimum atomic E-state index is 0.564. The number of nitrogens with zero attached hydrogens (tertiary/aromatic N) is 1. The van der Waals surface area contributed by atoms with Crippen LogP contribution in [0.3, 0.4) is 0 Å². The maximum Gasteiger partial charge on any atom is 0.0815 e. The Morgan fingerprint density at radius 1 is 1.50 bits per heavy atom. The Balaban J connectivity index is 2.60. The van der Waals surface area contributed by atoms with E-state index < -0.39 is 0 Å². The molecule has 0 bridgehead atoms. The number of hydrogen-bond donors (Lipinski definition) is 0. The van der Waals surface area contributed by atoms with E-state index in [9.17, 15) is 0 Å². The van der Waals surface area contributed by atoms with Crippen molar-refractivity contribution in [3.63, 3.8) is 0 Å². The summed E-state index contributed by atoms with van der Waals surface area (Å²) in [5.41, 5.74) is 4.38. The summed E-state index contributed by atoms with van der Waals surface area (Å²) in [5.74, 6) is 0. The Labute approximate surface area is 89.0 Å². The number of alkyl halides is 1. The molecule has 1 atom stereocenters. The summed E-state index contributed by atoms with van der Waals surface area (Å²) >= 11 is 4.11. The first kappa shape index (κ1) is 8.44. The monoisotopic (exact) mass is 289 g/mol.